The fourth-order valence-electron chi connectivity index (χ4n) is 3.31. The number of rotatable bonds is 9. The molecule has 0 unspecified atom stereocenters. The van der Waals surface area contributed by atoms with Crippen molar-refractivity contribution in [1.82, 2.24) is 10.2 Å². The Labute approximate surface area is 159 Å². The highest BCUT2D eigenvalue weighted by molar-refractivity contribution is 5.89. The average molecular weight is 376 g/mol. The summed E-state index contributed by atoms with van der Waals surface area (Å²) in [5.74, 6) is -0.970. The molecule has 148 valence electrons. The number of nitrogens with zero attached hydrogens (tertiary/aromatic N) is 1. The van der Waals surface area contributed by atoms with Crippen molar-refractivity contribution in [2.45, 2.75) is 32.1 Å². The molecule has 0 aromatic heterocycles. The third-order valence-electron chi connectivity index (χ3n) is 4.90. The molecule has 1 fully saturated rings. The fourth-order valence-corrected chi connectivity index (χ4v) is 3.31. The van der Waals surface area contributed by atoms with Crippen LogP contribution < -0.4 is 5.32 Å². The van der Waals surface area contributed by atoms with Crippen molar-refractivity contribution in [3.8, 4) is 0 Å². The highest BCUT2D eigenvalue weighted by atomic mass is 16.5. The molecule has 1 aromatic carbocycles. The van der Waals surface area contributed by atoms with Crippen molar-refractivity contribution >= 4 is 17.8 Å². The second-order valence-corrected chi connectivity index (χ2v) is 6.75. The molecule has 27 heavy (non-hydrogen) atoms. The molecular formula is C20H28N2O5. The van der Waals surface area contributed by atoms with Gasteiger partial charge in [0.25, 0.3) is 0 Å². The zero-order valence-corrected chi connectivity index (χ0v) is 15.8. The zero-order valence-electron chi connectivity index (χ0n) is 15.8. The molecule has 1 saturated heterocycles. The Morgan fingerprint density at radius 1 is 1.22 bits per heavy atom. The first-order valence-electron chi connectivity index (χ1n) is 9.38. The van der Waals surface area contributed by atoms with E-state index < -0.39 is 5.97 Å². The van der Waals surface area contributed by atoms with E-state index in [0.717, 1.165) is 6.42 Å². The van der Waals surface area contributed by atoms with E-state index in [1.165, 1.54) is 0 Å². The standard InChI is InChI=1S/C20H28N2O5/c1-27-14-4-11-21-19(24)16-9-12-22(13-10-16)18(23)8-7-15-5-2-3-6-17(15)20(25)26/h2-3,5-6,16H,4,7-14H2,1H3,(H,21,24)(H,25,26). The lowest BCUT2D eigenvalue weighted by atomic mass is 9.95. The largest absolute Gasteiger partial charge is 0.478 e. The van der Waals surface area contributed by atoms with Gasteiger partial charge < -0.3 is 20.1 Å². The van der Waals surface area contributed by atoms with E-state index in [-0.39, 0.29) is 29.7 Å². The Kier molecular flexibility index (Phi) is 8.26. The molecule has 2 amide bonds. The van der Waals surface area contributed by atoms with Gasteiger partial charge in [0.2, 0.25) is 11.8 Å². The number of ether oxygens (including phenoxy) is 1. The Morgan fingerprint density at radius 3 is 2.59 bits per heavy atom. The molecule has 7 heteroatoms. The van der Waals surface area contributed by atoms with Crippen molar-refractivity contribution in [3.63, 3.8) is 0 Å². The maximum absolute atomic E-state index is 12.4. The maximum Gasteiger partial charge on any atom is 0.335 e. The lowest BCUT2D eigenvalue weighted by Gasteiger charge is -2.31. The number of methoxy groups -OCH3 is 1. The highest BCUT2D eigenvalue weighted by Gasteiger charge is 2.27. The van der Waals surface area contributed by atoms with Crippen LogP contribution in [-0.4, -0.2) is 61.1 Å². The summed E-state index contributed by atoms with van der Waals surface area (Å²) < 4.78 is 4.96. The topological polar surface area (TPSA) is 95.9 Å². The van der Waals surface area contributed by atoms with Gasteiger partial charge in [0.15, 0.2) is 0 Å². The van der Waals surface area contributed by atoms with Gasteiger partial charge in [-0.3, -0.25) is 9.59 Å². The average Bonchev–Trinajstić information content (AvgIpc) is 2.69. The summed E-state index contributed by atoms with van der Waals surface area (Å²) in [4.78, 5) is 37.6. The minimum atomic E-state index is -0.977. The van der Waals surface area contributed by atoms with Crippen LogP contribution in [0.25, 0.3) is 0 Å². The van der Waals surface area contributed by atoms with E-state index in [1.807, 2.05) is 0 Å². The monoisotopic (exact) mass is 376 g/mol. The summed E-state index contributed by atoms with van der Waals surface area (Å²) in [5, 5.41) is 12.1. The first-order chi connectivity index (χ1) is 13.0. The molecule has 0 bridgehead atoms. The summed E-state index contributed by atoms with van der Waals surface area (Å²) >= 11 is 0. The third-order valence-corrected chi connectivity index (χ3v) is 4.90. The molecule has 0 atom stereocenters. The number of carboxylic acids is 1. The van der Waals surface area contributed by atoms with E-state index in [2.05, 4.69) is 5.32 Å². The van der Waals surface area contributed by atoms with Gasteiger partial charge >= 0.3 is 5.97 Å². The summed E-state index contributed by atoms with van der Waals surface area (Å²) in [6, 6.07) is 6.76. The molecule has 2 N–H and O–H groups in total. The quantitative estimate of drug-likeness (QED) is 0.640. The van der Waals surface area contributed by atoms with Crippen molar-refractivity contribution in [3.05, 3.63) is 35.4 Å². The summed E-state index contributed by atoms with van der Waals surface area (Å²) in [5.41, 5.74) is 0.915. The number of piperidine rings is 1. The maximum atomic E-state index is 12.4. The first kappa shape index (κ1) is 20.9. The van der Waals surface area contributed by atoms with Crippen molar-refractivity contribution in [2.75, 3.05) is 33.4 Å². The molecule has 0 spiro atoms. The van der Waals surface area contributed by atoms with Gasteiger partial charge in [-0.15, -0.1) is 0 Å². The highest BCUT2D eigenvalue weighted by Crippen LogP contribution is 2.19. The number of hydrogen-bond acceptors (Lipinski definition) is 4. The van der Waals surface area contributed by atoms with E-state index in [9.17, 15) is 19.5 Å². The summed E-state index contributed by atoms with van der Waals surface area (Å²) in [6.45, 7) is 2.36. The number of hydrogen-bond donors (Lipinski definition) is 2. The van der Waals surface area contributed by atoms with Crippen LogP contribution in [0.2, 0.25) is 0 Å². The molecule has 0 aliphatic carbocycles. The van der Waals surface area contributed by atoms with Crippen LogP contribution >= 0.6 is 0 Å². The lowest BCUT2D eigenvalue weighted by Crippen LogP contribution is -2.43. The zero-order chi connectivity index (χ0) is 19.6. The van der Waals surface area contributed by atoms with E-state index in [1.54, 1.807) is 36.3 Å². The minimum absolute atomic E-state index is 0.00847. The summed E-state index contributed by atoms with van der Waals surface area (Å²) in [7, 11) is 1.63. The number of carbonyl (C=O) groups is 3. The first-order valence-corrected chi connectivity index (χ1v) is 9.38. The van der Waals surface area contributed by atoms with Gasteiger partial charge in [0, 0.05) is 45.7 Å². The van der Waals surface area contributed by atoms with Gasteiger partial charge in [-0.25, -0.2) is 4.79 Å². The predicted octanol–water partition coefficient (Wildman–Crippen LogP) is 1.71. The van der Waals surface area contributed by atoms with E-state index in [0.29, 0.717) is 51.1 Å². The Morgan fingerprint density at radius 2 is 1.93 bits per heavy atom. The fraction of sp³-hybridized carbons (Fsp3) is 0.550. The Hall–Kier alpha value is -2.41. The molecule has 1 heterocycles. The number of benzene rings is 1. The van der Waals surface area contributed by atoms with Crippen molar-refractivity contribution < 1.29 is 24.2 Å². The number of nitrogens with one attached hydrogen (secondary N) is 1. The van der Waals surface area contributed by atoms with Crippen LogP contribution in [0.4, 0.5) is 0 Å². The van der Waals surface area contributed by atoms with Gasteiger partial charge in [-0.2, -0.15) is 0 Å². The van der Waals surface area contributed by atoms with Gasteiger partial charge in [0.05, 0.1) is 5.56 Å². The van der Waals surface area contributed by atoms with Crippen LogP contribution in [0.3, 0.4) is 0 Å². The van der Waals surface area contributed by atoms with Gasteiger partial charge in [0.1, 0.15) is 0 Å². The molecular weight excluding hydrogens is 348 g/mol. The predicted molar refractivity (Wildman–Crippen MR) is 101 cm³/mol. The SMILES string of the molecule is COCCCNC(=O)C1CCN(C(=O)CCc2ccccc2C(=O)O)CC1. The number of likely N-dealkylation sites (tertiary alicyclic amines) is 1. The molecule has 1 aliphatic heterocycles. The minimum Gasteiger partial charge on any atom is -0.478 e. The molecule has 2 rings (SSSR count). The number of carboxylic acid groups (broad SMARTS) is 1. The van der Waals surface area contributed by atoms with Gasteiger partial charge in [-0.1, -0.05) is 18.2 Å². The van der Waals surface area contributed by atoms with Crippen LogP contribution in [0.1, 0.15) is 41.6 Å². The number of amides is 2. The summed E-state index contributed by atoms with van der Waals surface area (Å²) in [6.07, 6.45) is 2.79. The third kappa shape index (κ3) is 6.36. The molecule has 1 aliphatic rings. The molecule has 0 radical (unpaired) electrons. The van der Waals surface area contributed by atoms with Crippen LogP contribution in [0.5, 0.6) is 0 Å². The van der Waals surface area contributed by atoms with Crippen LogP contribution in [0.15, 0.2) is 24.3 Å². The Bertz CT molecular complexity index is 654. The second kappa shape index (κ2) is 10.7. The van der Waals surface area contributed by atoms with Crippen molar-refractivity contribution in [2.24, 2.45) is 5.92 Å². The number of aromatic carboxylic acids is 1. The number of aryl methyl sites for hydroxylation is 1. The van der Waals surface area contributed by atoms with Crippen LogP contribution in [0, 0.1) is 5.92 Å². The van der Waals surface area contributed by atoms with Crippen LogP contribution in [-0.2, 0) is 20.7 Å². The second-order valence-electron chi connectivity index (χ2n) is 6.75. The molecule has 1 aromatic rings. The van der Waals surface area contributed by atoms with Gasteiger partial charge in [-0.05, 0) is 37.3 Å². The van der Waals surface area contributed by atoms with E-state index in [4.69, 9.17) is 4.74 Å². The van der Waals surface area contributed by atoms with E-state index >= 15 is 0 Å². The van der Waals surface area contributed by atoms with Crippen molar-refractivity contribution in [1.29, 1.82) is 0 Å². The normalized spacial score (nSPS) is 14.8. The smallest absolute Gasteiger partial charge is 0.335 e. The molecule has 0 saturated carbocycles. The Balaban J connectivity index is 1.75. The molecule has 7 nitrogen and oxygen atoms in total. The lowest BCUT2D eigenvalue weighted by molar-refractivity contribution is -0.135. The number of carbonyl (C=O) groups excluding carboxylic acids is 2.